The minimum absolute atomic E-state index is 0.0340. The monoisotopic (exact) mass is 1230 g/mol. The van der Waals surface area contributed by atoms with E-state index < -0.39 is 26.5 Å². The number of likely N-dealkylation sites (N-methyl/N-ethyl adjacent to an activating group) is 1. The maximum Gasteiger partial charge on any atom is 0.472 e. The molecule has 0 saturated heterocycles. The van der Waals surface area contributed by atoms with E-state index in [4.69, 9.17) is 18.5 Å². The minimum Gasteiger partial charge on any atom is -0.462 e. The predicted molar refractivity (Wildman–Crippen MR) is 372 cm³/mol. The zero-order valence-corrected chi connectivity index (χ0v) is 59.0. The van der Waals surface area contributed by atoms with E-state index in [2.05, 4.69) is 50.3 Å². The van der Waals surface area contributed by atoms with Gasteiger partial charge in [-0.05, 0) is 51.4 Å². The first-order valence-corrected chi connectivity index (χ1v) is 39.2. The molecule has 0 fully saturated rings. The van der Waals surface area contributed by atoms with E-state index in [1.54, 1.807) is 0 Å². The van der Waals surface area contributed by atoms with E-state index in [-0.39, 0.29) is 25.6 Å². The highest BCUT2D eigenvalue weighted by Gasteiger charge is 2.27. The third-order valence-electron chi connectivity index (χ3n) is 17.2. The highest BCUT2D eigenvalue weighted by molar-refractivity contribution is 7.47. The van der Waals surface area contributed by atoms with E-state index in [1.807, 2.05) is 21.1 Å². The molecule has 2 unspecified atom stereocenters. The summed E-state index contributed by atoms with van der Waals surface area (Å²) in [4.78, 5) is 35.9. The number of quaternary nitrogens is 1. The van der Waals surface area contributed by atoms with Crippen molar-refractivity contribution in [3.8, 4) is 0 Å². The van der Waals surface area contributed by atoms with Crippen molar-refractivity contribution in [2.45, 2.75) is 392 Å². The molecule has 508 valence electrons. The Labute approximate surface area is 535 Å². The van der Waals surface area contributed by atoms with Crippen LogP contribution in [0.25, 0.3) is 0 Å². The van der Waals surface area contributed by atoms with Gasteiger partial charge in [0, 0.05) is 12.8 Å². The normalized spacial score (nSPS) is 13.2. The number of carbonyl (C=O) groups is 2. The van der Waals surface area contributed by atoms with Gasteiger partial charge < -0.3 is 18.9 Å². The van der Waals surface area contributed by atoms with Gasteiger partial charge in [0.25, 0.3) is 0 Å². The van der Waals surface area contributed by atoms with Crippen molar-refractivity contribution in [1.82, 2.24) is 0 Å². The molecule has 0 aromatic rings. The van der Waals surface area contributed by atoms with Crippen molar-refractivity contribution in [2.75, 3.05) is 47.5 Å². The second-order valence-electron chi connectivity index (χ2n) is 27.0. The quantitative estimate of drug-likeness (QED) is 0.0211. The lowest BCUT2D eigenvalue weighted by Crippen LogP contribution is -2.37. The number of carbonyl (C=O) groups excluding carboxylic acids is 2. The molecule has 0 bridgehead atoms. The van der Waals surface area contributed by atoms with Crippen molar-refractivity contribution in [1.29, 1.82) is 0 Å². The summed E-state index contributed by atoms with van der Waals surface area (Å²) in [5, 5.41) is 0. The minimum atomic E-state index is -4.39. The van der Waals surface area contributed by atoms with Crippen LogP contribution in [0, 0.1) is 0 Å². The fourth-order valence-electron chi connectivity index (χ4n) is 11.4. The fourth-order valence-corrected chi connectivity index (χ4v) is 12.1. The van der Waals surface area contributed by atoms with E-state index in [1.165, 1.54) is 308 Å². The SMILES string of the molecule is CCCCCCC/C=C\C/C=C\C/C=C\CCCCCCCCCCCCCCCCC(=O)OC(COC(=O)CCCCCCCCCCCCCCCCCCCCCCCCCCCCCCCCCCC)COP(=O)(O)OCC[N+](C)(C)C. The summed E-state index contributed by atoms with van der Waals surface area (Å²) in [6.45, 7) is 4.50. The van der Waals surface area contributed by atoms with Crippen molar-refractivity contribution >= 4 is 19.8 Å². The number of ether oxygens (including phenoxy) is 2. The fraction of sp³-hybridized carbons (Fsp3) is 0.895. The Kier molecular flexibility index (Phi) is 66.2. The molecule has 2 atom stereocenters. The van der Waals surface area contributed by atoms with Crippen LogP contribution in [-0.4, -0.2) is 74.9 Å². The molecule has 0 saturated carbocycles. The molecule has 0 aromatic heterocycles. The number of unbranched alkanes of at least 4 members (excludes halogenated alkanes) is 51. The molecule has 0 rings (SSSR count). The molecule has 0 aliphatic heterocycles. The van der Waals surface area contributed by atoms with Crippen LogP contribution in [0.5, 0.6) is 0 Å². The van der Waals surface area contributed by atoms with Crippen molar-refractivity contribution in [2.24, 2.45) is 0 Å². The Bertz CT molecular complexity index is 1540. The molecule has 9 nitrogen and oxygen atoms in total. The molecule has 0 heterocycles. The Morgan fingerprint density at radius 3 is 0.930 bits per heavy atom. The molecule has 0 radical (unpaired) electrons. The van der Waals surface area contributed by atoms with E-state index in [0.29, 0.717) is 23.9 Å². The third kappa shape index (κ3) is 71.3. The molecule has 0 aliphatic rings. The molecule has 0 aliphatic carbocycles. The molecule has 0 aromatic carbocycles. The number of hydrogen-bond acceptors (Lipinski definition) is 7. The summed E-state index contributed by atoms with van der Waals surface area (Å²) in [5.74, 6) is -0.776. The lowest BCUT2D eigenvalue weighted by molar-refractivity contribution is -0.870. The lowest BCUT2D eigenvalue weighted by Gasteiger charge is -2.24. The summed E-state index contributed by atoms with van der Waals surface area (Å²) in [6.07, 6.45) is 87.0. The lowest BCUT2D eigenvalue weighted by atomic mass is 10.0. The number of esters is 2. The zero-order chi connectivity index (χ0) is 62.6. The van der Waals surface area contributed by atoms with Crippen LogP contribution in [-0.2, 0) is 32.7 Å². The second kappa shape index (κ2) is 67.6. The molecule has 1 N–H and O–H groups in total. The predicted octanol–water partition coefficient (Wildman–Crippen LogP) is 24.6. The molecule has 0 amide bonds. The smallest absolute Gasteiger partial charge is 0.462 e. The van der Waals surface area contributed by atoms with Gasteiger partial charge in [0.05, 0.1) is 27.7 Å². The van der Waals surface area contributed by atoms with Crippen LogP contribution in [0.2, 0.25) is 0 Å². The van der Waals surface area contributed by atoms with Gasteiger partial charge in [-0.15, -0.1) is 0 Å². The number of phosphoric acid groups is 1. The topological polar surface area (TPSA) is 108 Å². The standard InChI is InChI=1S/C76H146NO8P/c1-6-8-10-12-14-16-18-20-22-24-26-28-30-32-34-36-37-38-39-41-42-44-46-48-50-52-54-56-58-60-62-64-66-68-75(78)82-72-74(73-84-86(80,81)83-71-70-77(3,4)5)85-76(79)69-67-65-63-61-59-57-55-53-51-49-47-45-43-40-35-33-31-29-27-25-23-21-19-17-15-13-11-9-7-2/h19,21,25,27,31,33,74H,6-18,20,22-24,26,28-30,32,34-73H2,1-5H3/p+1/b21-19-,27-25-,33-31-. The first kappa shape index (κ1) is 84.2. The molecule has 0 spiro atoms. The number of nitrogens with zero attached hydrogens (tertiary/aromatic N) is 1. The van der Waals surface area contributed by atoms with Crippen LogP contribution in [0.3, 0.4) is 0 Å². The van der Waals surface area contributed by atoms with Gasteiger partial charge in [-0.25, -0.2) is 4.57 Å². The average Bonchev–Trinajstić information content (AvgIpc) is 3.67. The Balaban J connectivity index is 3.95. The number of phosphoric ester groups is 1. The average molecular weight is 1230 g/mol. The third-order valence-corrected chi connectivity index (χ3v) is 18.2. The first-order chi connectivity index (χ1) is 42.0. The molecular weight excluding hydrogens is 1090 g/mol. The maximum atomic E-state index is 12.9. The summed E-state index contributed by atoms with van der Waals surface area (Å²) in [5.41, 5.74) is 0. The van der Waals surface area contributed by atoms with Crippen LogP contribution in [0.4, 0.5) is 0 Å². The Hall–Kier alpha value is -1.77. The summed E-state index contributed by atoms with van der Waals surface area (Å²) < 4.78 is 34.8. The van der Waals surface area contributed by atoms with Gasteiger partial charge in [0.2, 0.25) is 0 Å². The highest BCUT2D eigenvalue weighted by Crippen LogP contribution is 2.43. The number of hydrogen-bond donors (Lipinski definition) is 1. The van der Waals surface area contributed by atoms with Gasteiger partial charge in [-0.3, -0.25) is 18.6 Å². The highest BCUT2D eigenvalue weighted by atomic mass is 31.2. The van der Waals surface area contributed by atoms with Crippen LogP contribution < -0.4 is 0 Å². The van der Waals surface area contributed by atoms with Crippen LogP contribution in [0.15, 0.2) is 36.5 Å². The van der Waals surface area contributed by atoms with Gasteiger partial charge in [-0.1, -0.05) is 359 Å². The number of allylic oxidation sites excluding steroid dienone is 6. The summed E-state index contributed by atoms with van der Waals surface area (Å²) >= 11 is 0. The van der Waals surface area contributed by atoms with Crippen LogP contribution in [0.1, 0.15) is 386 Å². The van der Waals surface area contributed by atoms with Crippen LogP contribution >= 0.6 is 7.82 Å². The zero-order valence-electron chi connectivity index (χ0n) is 58.1. The van der Waals surface area contributed by atoms with Crippen molar-refractivity contribution < 1.29 is 42.1 Å². The molecule has 10 heteroatoms. The summed E-state index contributed by atoms with van der Waals surface area (Å²) in [6, 6.07) is 0. The van der Waals surface area contributed by atoms with E-state index >= 15 is 0 Å². The number of rotatable bonds is 71. The first-order valence-electron chi connectivity index (χ1n) is 37.7. The van der Waals surface area contributed by atoms with Crippen molar-refractivity contribution in [3.05, 3.63) is 36.5 Å². The maximum absolute atomic E-state index is 12.9. The van der Waals surface area contributed by atoms with Crippen molar-refractivity contribution in [3.63, 3.8) is 0 Å². The van der Waals surface area contributed by atoms with Gasteiger partial charge in [0.1, 0.15) is 19.8 Å². The molecule has 86 heavy (non-hydrogen) atoms. The largest absolute Gasteiger partial charge is 0.472 e. The van der Waals surface area contributed by atoms with Gasteiger partial charge in [-0.2, -0.15) is 0 Å². The van der Waals surface area contributed by atoms with Gasteiger partial charge >= 0.3 is 19.8 Å². The van der Waals surface area contributed by atoms with E-state index in [0.717, 1.165) is 44.9 Å². The summed E-state index contributed by atoms with van der Waals surface area (Å²) in [7, 11) is 1.50. The Morgan fingerprint density at radius 1 is 0.360 bits per heavy atom. The Morgan fingerprint density at radius 2 is 0.628 bits per heavy atom. The second-order valence-corrected chi connectivity index (χ2v) is 28.5. The van der Waals surface area contributed by atoms with Gasteiger partial charge in [0.15, 0.2) is 6.10 Å². The molecular formula is C76H147NO8P+. The van der Waals surface area contributed by atoms with E-state index in [9.17, 15) is 19.0 Å².